The molecule has 1 aromatic carbocycles. The van der Waals surface area contributed by atoms with Gasteiger partial charge in [-0.25, -0.2) is 4.79 Å². The molecule has 1 fully saturated rings. The summed E-state index contributed by atoms with van der Waals surface area (Å²) in [5.41, 5.74) is 1.49. The second-order valence-electron chi connectivity index (χ2n) is 5.35. The van der Waals surface area contributed by atoms with Crippen molar-refractivity contribution in [1.82, 2.24) is 10.1 Å². The molecule has 1 aromatic heterocycles. The van der Waals surface area contributed by atoms with Crippen LogP contribution in [0.4, 0.5) is 10.5 Å². The van der Waals surface area contributed by atoms with Gasteiger partial charge in [0.15, 0.2) is 5.76 Å². The topological polar surface area (TPSA) is 67.6 Å². The molecule has 0 spiro atoms. The third-order valence-corrected chi connectivity index (χ3v) is 3.84. The van der Waals surface area contributed by atoms with E-state index >= 15 is 0 Å². The van der Waals surface area contributed by atoms with Crippen molar-refractivity contribution in [2.24, 2.45) is 0 Å². The Hall–Kier alpha value is -2.50. The van der Waals surface area contributed by atoms with E-state index in [9.17, 15) is 4.79 Å². The van der Waals surface area contributed by atoms with E-state index in [1.807, 2.05) is 37.3 Å². The fourth-order valence-electron chi connectivity index (χ4n) is 2.78. The lowest BCUT2D eigenvalue weighted by molar-refractivity contribution is 0.195. The van der Waals surface area contributed by atoms with Gasteiger partial charge in [0.25, 0.3) is 0 Å². The highest BCUT2D eigenvalue weighted by Gasteiger charge is 2.32. The van der Waals surface area contributed by atoms with Crippen LogP contribution < -0.4 is 10.1 Å². The second kappa shape index (κ2) is 6.09. The van der Waals surface area contributed by atoms with Crippen molar-refractivity contribution in [2.75, 3.05) is 19.0 Å². The fourth-order valence-corrected chi connectivity index (χ4v) is 2.78. The third-order valence-electron chi connectivity index (χ3n) is 3.84. The highest BCUT2D eigenvalue weighted by molar-refractivity contribution is 5.91. The first-order valence-corrected chi connectivity index (χ1v) is 7.33. The number of hydrogen-bond donors (Lipinski definition) is 1. The van der Waals surface area contributed by atoms with Gasteiger partial charge >= 0.3 is 6.03 Å². The molecule has 1 aliphatic rings. The first kappa shape index (κ1) is 14.4. The number of aryl methyl sites for hydroxylation is 1. The number of carbonyl (C=O) groups excluding carboxylic acids is 1. The fraction of sp³-hybridized carbons (Fsp3) is 0.375. The minimum Gasteiger partial charge on any atom is -0.495 e. The number of rotatable bonds is 3. The quantitative estimate of drug-likeness (QED) is 0.944. The van der Waals surface area contributed by atoms with E-state index < -0.39 is 0 Å². The van der Waals surface area contributed by atoms with Crippen LogP contribution in [0.5, 0.6) is 5.75 Å². The summed E-state index contributed by atoms with van der Waals surface area (Å²) < 4.78 is 10.6. The molecule has 0 radical (unpaired) electrons. The predicted octanol–water partition coefficient (Wildman–Crippen LogP) is 3.36. The van der Waals surface area contributed by atoms with Crippen molar-refractivity contribution in [3.63, 3.8) is 0 Å². The van der Waals surface area contributed by atoms with Crippen LogP contribution in [-0.2, 0) is 0 Å². The Morgan fingerprint density at radius 3 is 3.00 bits per heavy atom. The minimum atomic E-state index is -0.152. The zero-order valence-electron chi connectivity index (χ0n) is 12.7. The zero-order valence-corrected chi connectivity index (χ0v) is 12.7. The molecular weight excluding hydrogens is 282 g/mol. The van der Waals surface area contributed by atoms with Crippen molar-refractivity contribution < 1.29 is 14.1 Å². The number of benzene rings is 1. The van der Waals surface area contributed by atoms with Crippen LogP contribution in [0.3, 0.4) is 0 Å². The van der Waals surface area contributed by atoms with E-state index in [0.29, 0.717) is 18.0 Å². The van der Waals surface area contributed by atoms with Crippen LogP contribution in [0, 0.1) is 6.92 Å². The standard InChI is InChI=1S/C16H19N3O3/c1-11-10-15(22-18-11)13-7-5-9-19(13)16(20)17-12-6-3-4-8-14(12)21-2/h3-4,6,8,10,13H,5,7,9H2,1-2H3,(H,17,20)/t13-/m1/s1. The van der Waals surface area contributed by atoms with Gasteiger partial charge in [0.05, 0.1) is 24.5 Å². The second-order valence-corrected chi connectivity index (χ2v) is 5.35. The van der Waals surface area contributed by atoms with Crippen molar-refractivity contribution in [3.8, 4) is 5.75 Å². The maximum Gasteiger partial charge on any atom is 0.322 e. The Labute approximate surface area is 129 Å². The number of para-hydroxylation sites is 2. The van der Waals surface area contributed by atoms with Crippen LogP contribution in [-0.4, -0.2) is 29.7 Å². The first-order chi connectivity index (χ1) is 10.7. The Balaban J connectivity index is 1.76. The predicted molar refractivity (Wildman–Crippen MR) is 81.9 cm³/mol. The molecule has 2 heterocycles. The lowest BCUT2D eigenvalue weighted by Crippen LogP contribution is -2.34. The number of anilines is 1. The Kier molecular flexibility index (Phi) is 4.00. The number of methoxy groups -OCH3 is 1. The van der Waals surface area contributed by atoms with Gasteiger partial charge in [0.2, 0.25) is 0 Å². The molecule has 0 unspecified atom stereocenters. The third kappa shape index (κ3) is 2.77. The lowest BCUT2D eigenvalue weighted by atomic mass is 10.1. The molecule has 0 saturated carbocycles. The van der Waals surface area contributed by atoms with E-state index in [-0.39, 0.29) is 12.1 Å². The average Bonchev–Trinajstić information content (AvgIpc) is 3.16. The summed E-state index contributed by atoms with van der Waals surface area (Å²) in [6, 6.07) is 9.04. The van der Waals surface area contributed by atoms with Crippen molar-refractivity contribution in [1.29, 1.82) is 0 Å². The summed E-state index contributed by atoms with van der Waals surface area (Å²) in [5.74, 6) is 1.38. The molecule has 2 amide bonds. The number of amides is 2. The van der Waals surface area contributed by atoms with Crippen molar-refractivity contribution >= 4 is 11.7 Å². The van der Waals surface area contributed by atoms with E-state index in [1.54, 1.807) is 12.0 Å². The van der Waals surface area contributed by atoms with Crippen LogP contribution in [0.15, 0.2) is 34.9 Å². The van der Waals surface area contributed by atoms with Gasteiger partial charge in [-0.2, -0.15) is 0 Å². The summed E-state index contributed by atoms with van der Waals surface area (Å²) in [4.78, 5) is 14.4. The summed E-state index contributed by atoms with van der Waals surface area (Å²) >= 11 is 0. The SMILES string of the molecule is COc1ccccc1NC(=O)N1CCC[C@@H]1c1cc(C)no1. The van der Waals surface area contributed by atoms with Gasteiger partial charge in [-0.15, -0.1) is 0 Å². The van der Waals surface area contributed by atoms with Gasteiger partial charge in [0.1, 0.15) is 5.75 Å². The number of urea groups is 1. The number of ether oxygens (including phenoxy) is 1. The van der Waals surface area contributed by atoms with Crippen molar-refractivity contribution in [3.05, 3.63) is 41.8 Å². The van der Waals surface area contributed by atoms with Crippen LogP contribution in [0.2, 0.25) is 0 Å². The molecule has 6 nitrogen and oxygen atoms in total. The van der Waals surface area contributed by atoms with Gasteiger partial charge in [-0.1, -0.05) is 17.3 Å². The van der Waals surface area contributed by atoms with Gasteiger partial charge in [-0.05, 0) is 31.9 Å². The van der Waals surface area contributed by atoms with E-state index in [1.165, 1.54) is 0 Å². The van der Waals surface area contributed by atoms with Gasteiger partial charge < -0.3 is 19.5 Å². The van der Waals surface area contributed by atoms with Crippen LogP contribution >= 0.6 is 0 Å². The molecule has 1 saturated heterocycles. The number of aromatic nitrogens is 1. The molecule has 1 atom stereocenters. The molecule has 22 heavy (non-hydrogen) atoms. The maximum atomic E-state index is 12.6. The van der Waals surface area contributed by atoms with Crippen LogP contribution in [0.1, 0.15) is 30.3 Å². The maximum absolute atomic E-state index is 12.6. The molecule has 3 rings (SSSR count). The van der Waals surface area contributed by atoms with E-state index in [0.717, 1.165) is 24.3 Å². The number of carbonyl (C=O) groups is 1. The lowest BCUT2D eigenvalue weighted by Gasteiger charge is -2.23. The summed E-state index contributed by atoms with van der Waals surface area (Å²) in [5, 5.41) is 6.82. The first-order valence-electron chi connectivity index (χ1n) is 7.33. The van der Waals surface area contributed by atoms with Gasteiger partial charge in [-0.3, -0.25) is 0 Å². The number of nitrogens with one attached hydrogen (secondary N) is 1. The summed E-state index contributed by atoms with van der Waals surface area (Å²) in [7, 11) is 1.58. The Bertz CT molecular complexity index is 668. The van der Waals surface area contributed by atoms with Crippen molar-refractivity contribution in [2.45, 2.75) is 25.8 Å². The normalized spacial score (nSPS) is 17.5. The summed E-state index contributed by atoms with van der Waals surface area (Å²) in [6.45, 7) is 2.58. The van der Waals surface area contributed by atoms with Crippen LogP contribution in [0.25, 0.3) is 0 Å². The summed E-state index contributed by atoms with van der Waals surface area (Å²) in [6.07, 6.45) is 1.83. The molecule has 2 aromatic rings. The average molecular weight is 301 g/mol. The zero-order chi connectivity index (χ0) is 15.5. The Morgan fingerprint density at radius 1 is 1.45 bits per heavy atom. The monoisotopic (exact) mass is 301 g/mol. The minimum absolute atomic E-state index is 0.0593. The molecule has 0 bridgehead atoms. The molecular formula is C16H19N3O3. The number of hydrogen-bond acceptors (Lipinski definition) is 4. The largest absolute Gasteiger partial charge is 0.495 e. The number of nitrogens with zero attached hydrogens (tertiary/aromatic N) is 2. The number of likely N-dealkylation sites (tertiary alicyclic amines) is 1. The molecule has 1 aliphatic heterocycles. The molecule has 6 heteroatoms. The van der Waals surface area contributed by atoms with E-state index in [2.05, 4.69) is 10.5 Å². The molecule has 0 aliphatic carbocycles. The highest BCUT2D eigenvalue weighted by Crippen LogP contribution is 2.33. The smallest absolute Gasteiger partial charge is 0.322 e. The molecule has 116 valence electrons. The van der Waals surface area contributed by atoms with E-state index in [4.69, 9.17) is 9.26 Å². The van der Waals surface area contributed by atoms with Gasteiger partial charge in [0, 0.05) is 12.6 Å². The Morgan fingerprint density at radius 2 is 2.27 bits per heavy atom. The highest BCUT2D eigenvalue weighted by atomic mass is 16.5. The molecule has 1 N–H and O–H groups in total.